The van der Waals surface area contributed by atoms with E-state index in [1.54, 1.807) is 6.92 Å². The molecule has 0 fully saturated rings. The molecule has 0 bridgehead atoms. The Morgan fingerprint density at radius 1 is 1.40 bits per heavy atom. The largest absolute Gasteiger partial charge is 0.422 e. The van der Waals surface area contributed by atoms with E-state index < -0.39 is 0 Å². The van der Waals surface area contributed by atoms with Crippen LogP contribution in [0.2, 0.25) is 0 Å². The molecule has 2 aromatic heterocycles. The Morgan fingerprint density at radius 2 is 2.25 bits per heavy atom. The SMILES string of the molecule is Cc1nc2c(NCC3CC(C(C)C)=NO3)ncnc2o1. The maximum atomic E-state index is 5.40. The minimum atomic E-state index is 0.0328. The van der Waals surface area contributed by atoms with Gasteiger partial charge >= 0.3 is 0 Å². The Morgan fingerprint density at radius 3 is 3.00 bits per heavy atom. The summed E-state index contributed by atoms with van der Waals surface area (Å²) >= 11 is 0. The Hall–Kier alpha value is -2.18. The number of hydrogen-bond acceptors (Lipinski definition) is 7. The first-order valence-electron chi connectivity index (χ1n) is 6.68. The maximum Gasteiger partial charge on any atom is 0.252 e. The zero-order valence-electron chi connectivity index (χ0n) is 11.8. The molecule has 106 valence electrons. The summed E-state index contributed by atoms with van der Waals surface area (Å²) < 4.78 is 5.37. The molecule has 0 aliphatic carbocycles. The molecule has 0 amide bonds. The standard InChI is InChI=1S/C13H17N5O2/c1-7(2)10-4-9(20-18-10)5-14-12-11-13(16-6-15-12)19-8(3)17-11/h6-7,9H,4-5H2,1-3H3,(H,14,15,16). The van der Waals surface area contributed by atoms with Crippen LogP contribution in [0.1, 0.15) is 26.2 Å². The van der Waals surface area contributed by atoms with Crippen molar-refractivity contribution in [2.24, 2.45) is 11.1 Å². The minimum absolute atomic E-state index is 0.0328. The average molecular weight is 275 g/mol. The molecule has 1 N–H and O–H groups in total. The monoisotopic (exact) mass is 275 g/mol. The molecule has 7 nitrogen and oxygen atoms in total. The van der Waals surface area contributed by atoms with Gasteiger partial charge in [-0.2, -0.15) is 4.98 Å². The number of aryl methyl sites for hydroxylation is 1. The van der Waals surface area contributed by atoms with Crippen molar-refractivity contribution in [2.75, 3.05) is 11.9 Å². The number of nitrogens with one attached hydrogen (secondary N) is 1. The Kier molecular flexibility index (Phi) is 3.25. The van der Waals surface area contributed by atoms with Gasteiger partial charge in [-0.25, -0.2) is 9.97 Å². The second kappa shape index (κ2) is 5.07. The number of anilines is 1. The summed E-state index contributed by atoms with van der Waals surface area (Å²) in [7, 11) is 0. The molecule has 0 aromatic carbocycles. The van der Waals surface area contributed by atoms with Crippen LogP contribution in [0.5, 0.6) is 0 Å². The number of oxazole rings is 1. The molecule has 1 aliphatic heterocycles. The fraction of sp³-hybridized carbons (Fsp3) is 0.538. The fourth-order valence-corrected chi connectivity index (χ4v) is 2.10. The first-order chi connectivity index (χ1) is 9.63. The van der Waals surface area contributed by atoms with Gasteiger partial charge in [0.2, 0.25) is 0 Å². The quantitative estimate of drug-likeness (QED) is 0.920. The van der Waals surface area contributed by atoms with Crippen molar-refractivity contribution < 1.29 is 9.25 Å². The van der Waals surface area contributed by atoms with Crippen molar-refractivity contribution in [1.29, 1.82) is 0 Å². The molecule has 20 heavy (non-hydrogen) atoms. The van der Waals surface area contributed by atoms with E-state index in [4.69, 9.17) is 9.25 Å². The van der Waals surface area contributed by atoms with Gasteiger partial charge in [0.1, 0.15) is 12.4 Å². The van der Waals surface area contributed by atoms with Gasteiger partial charge in [-0.1, -0.05) is 19.0 Å². The summed E-state index contributed by atoms with van der Waals surface area (Å²) in [6.45, 7) is 6.64. The van der Waals surface area contributed by atoms with Gasteiger partial charge in [0.15, 0.2) is 17.2 Å². The molecule has 0 spiro atoms. The molecule has 3 rings (SSSR count). The highest BCUT2D eigenvalue weighted by Crippen LogP contribution is 2.20. The highest BCUT2D eigenvalue weighted by atomic mass is 16.6. The summed E-state index contributed by atoms with van der Waals surface area (Å²) in [4.78, 5) is 17.9. The van der Waals surface area contributed by atoms with Crippen molar-refractivity contribution in [3.63, 3.8) is 0 Å². The minimum Gasteiger partial charge on any atom is -0.422 e. The van der Waals surface area contributed by atoms with E-state index in [2.05, 4.69) is 39.3 Å². The molecule has 2 aromatic rings. The molecule has 0 saturated heterocycles. The van der Waals surface area contributed by atoms with Crippen LogP contribution in [0.25, 0.3) is 11.2 Å². The number of rotatable bonds is 4. The maximum absolute atomic E-state index is 5.40. The second-order valence-corrected chi connectivity index (χ2v) is 5.16. The van der Waals surface area contributed by atoms with E-state index in [0.717, 1.165) is 12.1 Å². The van der Waals surface area contributed by atoms with Crippen molar-refractivity contribution in [3.05, 3.63) is 12.2 Å². The number of nitrogens with zero attached hydrogens (tertiary/aromatic N) is 4. The van der Waals surface area contributed by atoms with E-state index >= 15 is 0 Å². The zero-order chi connectivity index (χ0) is 14.1. The van der Waals surface area contributed by atoms with Gasteiger partial charge in [-0.15, -0.1) is 0 Å². The zero-order valence-corrected chi connectivity index (χ0v) is 11.8. The van der Waals surface area contributed by atoms with Crippen LogP contribution in [-0.4, -0.2) is 33.3 Å². The predicted octanol–water partition coefficient (Wildman–Crippen LogP) is 2.14. The third-order valence-corrected chi connectivity index (χ3v) is 3.22. The number of aromatic nitrogens is 3. The van der Waals surface area contributed by atoms with Crippen molar-refractivity contribution in [2.45, 2.75) is 33.3 Å². The lowest BCUT2D eigenvalue weighted by Gasteiger charge is -2.10. The van der Waals surface area contributed by atoms with Crippen LogP contribution in [0, 0.1) is 12.8 Å². The van der Waals surface area contributed by atoms with Crippen molar-refractivity contribution in [1.82, 2.24) is 15.0 Å². The molecule has 0 radical (unpaired) electrons. The summed E-state index contributed by atoms with van der Waals surface area (Å²) in [6.07, 6.45) is 2.34. The molecule has 3 heterocycles. The first-order valence-corrected chi connectivity index (χ1v) is 6.68. The van der Waals surface area contributed by atoms with E-state index in [9.17, 15) is 0 Å². The summed E-state index contributed by atoms with van der Waals surface area (Å²) in [5.74, 6) is 1.66. The third kappa shape index (κ3) is 2.43. The van der Waals surface area contributed by atoms with Gasteiger partial charge in [-0.3, -0.25) is 0 Å². The first kappa shape index (κ1) is 12.8. The number of oxime groups is 1. The smallest absolute Gasteiger partial charge is 0.252 e. The van der Waals surface area contributed by atoms with Crippen molar-refractivity contribution in [3.8, 4) is 0 Å². The van der Waals surface area contributed by atoms with Crippen LogP contribution >= 0.6 is 0 Å². The van der Waals surface area contributed by atoms with Crippen LogP contribution in [0.15, 0.2) is 15.9 Å². The topological polar surface area (TPSA) is 85.4 Å². The van der Waals surface area contributed by atoms with Gasteiger partial charge in [0.25, 0.3) is 5.71 Å². The van der Waals surface area contributed by atoms with E-state index in [0.29, 0.717) is 35.4 Å². The average Bonchev–Trinajstić information content (AvgIpc) is 3.01. The van der Waals surface area contributed by atoms with E-state index in [1.807, 2.05) is 0 Å². The third-order valence-electron chi connectivity index (χ3n) is 3.22. The summed E-state index contributed by atoms with van der Waals surface area (Å²) in [6, 6.07) is 0. The van der Waals surface area contributed by atoms with E-state index in [1.165, 1.54) is 6.33 Å². The van der Waals surface area contributed by atoms with Gasteiger partial charge < -0.3 is 14.6 Å². The fourth-order valence-electron chi connectivity index (χ4n) is 2.10. The lowest BCUT2D eigenvalue weighted by molar-refractivity contribution is 0.0948. The van der Waals surface area contributed by atoms with E-state index in [-0.39, 0.29) is 6.10 Å². The molecular weight excluding hydrogens is 258 g/mol. The second-order valence-electron chi connectivity index (χ2n) is 5.16. The van der Waals surface area contributed by atoms with Gasteiger partial charge in [0, 0.05) is 13.3 Å². The van der Waals surface area contributed by atoms with Crippen LogP contribution < -0.4 is 5.32 Å². The van der Waals surface area contributed by atoms with Crippen LogP contribution in [0.3, 0.4) is 0 Å². The lowest BCUT2D eigenvalue weighted by atomic mass is 10.0. The summed E-state index contributed by atoms with van der Waals surface area (Å²) in [5, 5.41) is 7.34. The molecular formula is C13H17N5O2. The van der Waals surface area contributed by atoms with Crippen LogP contribution in [0.4, 0.5) is 5.82 Å². The predicted molar refractivity (Wildman–Crippen MR) is 74.6 cm³/mol. The highest BCUT2D eigenvalue weighted by molar-refractivity contribution is 5.87. The van der Waals surface area contributed by atoms with Gasteiger partial charge in [-0.05, 0) is 5.92 Å². The Labute approximate surface area is 116 Å². The summed E-state index contributed by atoms with van der Waals surface area (Å²) in [5.41, 5.74) is 2.24. The number of fused-ring (bicyclic) bond motifs is 1. The highest BCUT2D eigenvalue weighted by Gasteiger charge is 2.23. The van der Waals surface area contributed by atoms with Crippen molar-refractivity contribution >= 4 is 22.8 Å². The lowest BCUT2D eigenvalue weighted by Crippen LogP contribution is -2.21. The molecule has 0 saturated carbocycles. The molecule has 1 unspecified atom stereocenters. The Bertz CT molecular complexity index is 649. The molecule has 1 aliphatic rings. The normalized spacial score (nSPS) is 18.4. The Balaban J connectivity index is 1.66. The molecule has 1 atom stereocenters. The molecule has 7 heteroatoms. The van der Waals surface area contributed by atoms with Crippen LogP contribution in [-0.2, 0) is 4.84 Å². The van der Waals surface area contributed by atoms with Gasteiger partial charge in [0.05, 0.1) is 12.3 Å². The number of hydrogen-bond donors (Lipinski definition) is 1.